The van der Waals surface area contributed by atoms with Gasteiger partial charge in [-0.3, -0.25) is 4.79 Å². The van der Waals surface area contributed by atoms with E-state index in [0.29, 0.717) is 19.6 Å². The van der Waals surface area contributed by atoms with Gasteiger partial charge in [-0.2, -0.15) is 0 Å². The first-order valence-corrected chi connectivity index (χ1v) is 7.86. The molecule has 0 fully saturated rings. The number of fused-ring (bicyclic) bond motifs is 1. The molecule has 112 valence electrons. The summed E-state index contributed by atoms with van der Waals surface area (Å²) in [5.74, 6) is 0.117. The normalized spacial score (nSPS) is 12.3. The van der Waals surface area contributed by atoms with Crippen molar-refractivity contribution in [2.75, 3.05) is 27.3 Å². The van der Waals surface area contributed by atoms with E-state index >= 15 is 0 Å². The van der Waals surface area contributed by atoms with Gasteiger partial charge in [0.2, 0.25) is 5.91 Å². The molecule has 1 atom stereocenters. The molecule has 0 aliphatic rings. The smallest absolute Gasteiger partial charge is 0.226 e. The first kappa shape index (κ1) is 16.0. The Labute approximate surface area is 134 Å². The topological polar surface area (TPSA) is 29.5 Å². The number of hydrogen-bond acceptors (Lipinski definition) is 2. The molecular formula is C17H20BrNO2. The molecule has 0 bridgehead atoms. The molecule has 4 heteroatoms. The van der Waals surface area contributed by atoms with Gasteiger partial charge in [0.15, 0.2) is 0 Å². The van der Waals surface area contributed by atoms with Crippen LogP contribution in [0.25, 0.3) is 10.8 Å². The van der Waals surface area contributed by atoms with Crippen molar-refractivity contribution >= 4 is 32.6 Å². The zero-order valence-electron chi connectivity index (χ0n) is 12.4. The van der Waals surface area contributed by atoms with Crippen LogP contribution in [0.1, 0.15) is 5.56 Å². The van der Waals surface area contributed by atoms with E-state index in [2.05, 4.69) is 40.2 Å². The largest absolute Gasteiger partial charge is 0.383 e. The van der Waals surface area contributed by atoms with Crippen LogP contribution in [0.4, 0.5) is 0 Å². The van der Waals surface area contributed by atoms with Gasteiger partial charge in [-0.15, -0.1) is 0 Å². The van der Waals surface area contributed by atoms with Crippen molar-refractivity contribution in [2.24, 2.45) is 0 Å². The summed E-state index contributed by atoms with van der Waals surface area (Å²) in [4.78, 5) is 14.2. The predicted octanol–water partition coefficient (Wildman–Crippen LogP) is 3.25. The highest BCUT2D eigenvalue weighted by Gasteiger charge is 2.14. The van der Waals surface area contributed by atoms with E-state index in [4.69, 9.17) is 4.74 Å². The quantitative estimate of drug-likeness (QED) is 0.749. The number of hydrogen-bond donors (Lipinski definition) is 0. The van der Waals surface area contributed by atoms with Crippen molar-refractivity contribution in [1.29, 1.82) is 0 Å². The van der Waals surface area contributed by atoms with Crippen LogP contribution in [0, 0.1) is 0 Å². The summed E-state index contributed by atoms with van der Waals surface area (Å²) in [6.07, 6.45) is 0.425. The summed E-state index contributed by atoms with van der Waals surface area (Å²) in [6.45, 7) is 1.23. The Morgan fingerprint density at radius 3 is 2.67 bits per heavy atom. The Morgan fingerprint density at radius 1 is 1.24 bits per heavy atom. The first-order valence-electron chi connectivity index (χ1n) is 6.95. The third kappa shape index (κ3) is 4.55. The van der Waals surface area contributed by atoms with Gasteiger partial charge < -0.3 is 9.64 Å². The standard InChI is InChI=1S/C17H20BrNO2/c1-19(11-16(18)12-21-2)17(20)10-13-7-8-14-5-3-4-6-15(14)9-13/h3-9,16H,10-12H2,1-2H3. The molecule has 2 rings (SSSR count). The van der Waals surface area contributed by atoms with Gasteiger partial charge in [-0.1, -0.05) is 58.4 Å². The predicted molar refractivity (Wildman–Crippen MR) is 89.9 cm³/mol. The van der Waals surface area contributed by atoms with Gasteiger partial charge in [0, 0.05) is 20.7 Å². The summed E-state index contributed by atoms with van der Waals surface area (Å²) >= 11 is 3.51. The van der Waals surface area contributed by atoms with Crippen molar-refractivity contribution in [3.8, 4) is 0 Å². The second-order valence-corrected chi connectivity index (χ2v) is 6.48. The van der Waals surface area contributed by atoms with Crippen LogP contribution >= 0.6 is 15.9 Å². The molecule has 0 radical (unpaired) electrons. The molecule has 0 saturated carbocycles. The highest BCUT2D eigenvalue weighted by atomic mass is 79.9. The van der Waals surface area contributed by atoms with Crippen LogP contribution in [0.5, 0.6) is 0 Å². The highest BCUT2D eigenvalue weighted by molar-refractivity contribution is 9.09. The van der Waals surface area contributed by atoms with E-state index in [1.165, 1.54) is 10.8 Å². The fraction of sp³-hybridized carbons (Fsp3) is 0.353. The number of rotatable bonds is 6. The van der Waals surface area contributed by atoms with Crippen LogP contribution in [-0.4, -0.2) is 42.9 Å². The molecule has 0 heterocycles. The van der Waals surface area contributed by atoms with E-state index < -0.39 is 0 Å². The highest BCUT2D eigenvalue weighted by Crippen LogP contribution is 2.16. The molecule has 0 N–H and O–H groups in total. The van der Waals surface area contributed by atoms with Crippen LogP contribution in [-0.2, 0) is 16.0 Å². The number of benzene rings is 2. The molecule has 2 aromatic rings. The first-order chi connectivity index (χ1) is 10.1. The lowest BCUT2D eigenvalue weighted by Crippen LogP contribution is -2.34. The minimum atomic E-state index is 0.117. The second-order valence-electron chi connectivity index (χ2n) is 5.19. The molecule has 21 heavy (non-hydrogen) atoms. The molecular weight excluding hydrogens is 330 g/mol. The molecule has 0 spiro atoms. The minimum absolute atomic E-state index is 0.117. The molecule has 2 aromatic carbocycles. The number of carbonyl (C=O) groups is 1. The van der Waals surface area contributed by atoms with Gasteiger partial charge >= 0.3 is 0 Å². The SMILES string of the molecule is COCC(Br)CN(C)C(=O)Cc1ccc2ccccc2c1. The fourth-order valence-corrected chi connectivity index (χ4v) is 2.99. The van der Waals surface area contributed by atoms with Gasteiger partial charge in [-0.25, -0.2) is 0 Å². The second kappa shape index (κ2) is 7.57. The van der Waals surface area contributed by atoms with Gasteiger partial charge in [0.05, 0.1) is 17.9 Å². The lowest BCUT2D eigenvalue weighted by molar-refractivity contribution is -0.129. The van der Waals surface area contributed by atoms with Crippen LogP contribution in [0.3, 0.4) is 0 Å². The summed E-state index contributed by atoms with van der Waals surface area (Å²) in [5.41, 5.74) is 1.04. The zero-order valence-corrected chi connectivity index (χ0v) is 14.0. The maximum Gasteiger partial charge on any atom is 0.226 e. The molecule has 0 aromatic heterocycles. The fourth-order valence-electron chi connectivity index (χ4n) is 2.29. The molecule has 0 aliphatic carbocycles. The van der Waals surface area contributed by atoms with Crippen molar-refractivity contribution in [1.82, 2.24) is 4.90 Å². The Balaban J connectivity index is 2.00. The molecule has 0 aliphatic heterocycles. The number of halogens is 1. The van der Waals surface area contributed by atoms with Gasteiger partial charge in [0.25, 0.3) is 0 Å². The lowest BCUT2D eigenvalue weighted by atomic mass is 10.0. The summed E-state index contributed by atoms with van der Waals surface area (Å²) in [5, 5.41) is 2.37. The third-order valence-electron chi connectivity index (χ3n) is 3.41. The van der Waals surface area contributed by atoms with Crippen LogP contribution in [0.2, 0.25) is 0 Å². The van der Waals surface area contributed by atoms with E-state index in [0.717, 1.165) is 5.56 Å². The summed E-state index contributed by atoms with van der Waals surface area (Å²) in [7, 11) is 3.48. The minimum Gasteiger partial charge on any atom is -0.383 e. The summed E-state index contributed by atoms with van der Waals surface area (Å²) < 4.78 is 5.07. The number of nitrogens with zero attached hydrogens (tertiary/aromatic N) is 1. The lowest BCUT2D eigenvalue weighted by Gasteiger charge is -2.20. The molecule has 3 nitrogen and oxygen atoms in total. The Bertz CT molecular complexity index is 615. The number of methoxy groups -OCH3 is 1. The zero-order chi connectivity index (χ0) is 15.2. The van der Waals surface area contributed by atoms with Crippen LogP contribution < -0.4 is 0 Å². The van der Waals surface area contributed by atoms with Crippen molar-refractivity contribution in [3.63, 3.8) is 0 Å². The Hall–Kier alpha value is -1.39. The van der Waals surface area contributed by atoms with Crippen LogP contribution in [0.15, 0.2) is 42.5 Å². The van der Waals surface area contributed by atoms with E-state index in [-0.39, 0.29) is 10.7 Å². The van der Waals surface area contributed by atoms with E-state index in [1.807, 2.05) is 25.2 Å². The number of amides is 1. The average molecular weight is 350 g/mol. The monoisotopic (exact) mass is 349 g/mol. The molecule has 1 unspecified atom stereocenters. The molecule has 0 saturated heterocycles. The van der Waals surface area contributed by atoms with Gasteiger partial charge in [0.1, 0.15) is 0 Å². The number of alkyl halides is 1. The maximum absolute atomic E-state index is 12.3. The molecule has 1 amide bonds. The average Bonchev–Trinajstić information content (AvgIpc) is 2.47. The number of carbonyl (C=O) groups excluding carboxylic acids is 1. The third-order valence-corrected chi connectivity index (χ3v) is 3.97. The number of likely N-dealkylation sites (N-methyl/N-ethyl adjacent to an activating group) is 1. The van der Waals surface area contributed by atoms with Crippen molar-refractivity contribution in [3.05, 3.63) is 48.0 Å². The summed E-state index contributed by atoms with van der Waals surface area (Å²) in [6, 6.07) is 14.4. The van der Waals surface area contributed by atoms with Crippen molar-refractivity contribution in [2.45, 2.75) is 11.2 Å². The van der Waals surface area contributed by atoms with Gasteiger partial charge in [-0.05, 0) is 16.3 Å². The number of ether oxygens (including phenoxy) is 1. The van der Waals surface area contributed by atoms with E-state index in [1.54, 1.807) is 12.0 Å². The van der Waals surface area contributed by atoms with E-state index in [9.17, 15) is 4.79 Å². The Morgan fingerprint density at radius 2 is 1.95 bits per heavy atom. The Kier molecular flexibility index (Phi) is 5.76. The van der Waals surface area contributed by atoms with Crippen molar-refractivity contribution < 1.29 is 9.53 Å². The maximum atomic E-state index is 12.3.